The molecular weight excluding hydrogens is 270 g/mol. The molecule has 2 rings (SSSR count). The van der Waals surface area contributed by atoms with Crippen molar-refractivity contribution >= 4 is 15.7 Å². The smallest absolute Gasteiger partial charge is 0.258 e. The van der Waals surface area contributed by atoms with E-state index in [2.05, 4.69) is 5.10 Å². The molecule has 0 amide bonds. The summed E-state index contributed by atoms with van der Waals surface area (Å²) in [5, 5.41) is 14.6. The molecule has 0 aliphatic heterocycles. The van der Waals surface area contributed by atoms with Crippen LogP contribution in [0.15, 0.2) is 35.4 Å². The summed E-state index contributed by atoms with van der Waals surface area (Å²) < 4.78 is 25.5. The number of nitro benzene ring substituents is 1. The summed E-state index contributed by atoms with van der Waals surface area (Å²) in [7, 11) is -3.90. The molecule has 0 aliphatic carbocycles. The van der Waals surface area contributed by atoms with Gasteiger partial charge in [-0.05, 0) is 25.5 Å². The van der Waals surface area contributed by atoms with Gasteiger partial charge in [-0.2, -0.15) is 17.6 Å². The van der Waals surface area contributed by atoms with Crippen molar-refractivity contribution in [1.82, 2.24) is 9.19 Å². The standard InChI is InChI=1S/C11H11N3O4S/c1-8-3-4-10(14(15)16)7-11(8)19(17,18)13-6-5-9(2)12-13/h3-7H,1-2H3. The van der Waals surface area contributed by atoms with E-state index in [4.69, 9.17) is 0 Å². The van der Waals surface area contributed by atoms with Gasteiger partial charge in [0.25, 0.3) is 15.7 Å². The average molecular weight is 281 g/mol. The molecule has 0 saturated heterocycles. The first-order valence-electron chi connectivity index (χ1n) is 5.35. The number of hydrogen-bond acceptors (Lipinski definition) is 5. The Kier molecular flexibility index (Phi) is 3.11. The van der Waals surface area contributed by atoms with E-state index in [1.165, 1.54) is 18.3 Å². The molecule has 8 heteroatoms. The second-order valence-corrected chi connectivity index (χ2v) is 5.81. The normalized spacial score (nSPS) is 11.5. The van der Waals surface area contributed by atoms with Gasteiger partial charge in [0.15, 0.2) is 0 Å². The van der Waals surface area contributed by atoms with E-state index in [1.54, 1.807) is 19.9 Å². The number of nitro groups is 1. The first-order chi connectivity index (χ1) is 8.82. The molecule has 0 aliphatic rings. The summed E-state index contributed by atoms with van der Waals surface area (Å²) in [6.07, 6.45) is 1.31. The van der Waals surface area contributed by atoms with E-state index in [1.807, 2.05) is 0 Å². The lowest BCUT2D eigenvalue weighted by atomic mass is 10.2. The Morgan fingerprint density at radius 3 is 2.47 bits per heavy atom. The lowest BCUT2D eigenvalue weighted by molar-refractivity contribution is -0.385. The maximum Gasteiger partial charge on any atom is 0.283 e. The second kappa shape index (κ2) is 4.47. The van der Waals surface area contributed by atoms with Crippen LogP contribution < -0.4 is 0 Å². The van der Waals surface area contributed by atoms with Crippen LogP contribution in [-0.2, 0) is 10.0 Å². The van der Waals surface area contributed by atoms with Gasteiger partial charge in [0, 0.05) is 18.3 Å². The van der Waals surface area contributed by atoms with Gasteiger partial charge >= 0.3 is 0 Å². The predicted octanol–water partition coefficient (Wildman–Crippen LogP) is 1.65. The molecule has 0 spiro atoms. The number of non-ortho nitro benzene ring substituents is 1. The largest absolute Gasteiger partial charge is 0.283 e. The molecule has 0 bridgehead atoms. The Morgan fingerprint density at radius 1 is 1.26 bits per heavy atom. The van der Waals surface area contributed by atoms with E-state index in [9.17, 15) is 18.5 Å². The molecule has 0 radical (unpaired) electrons. The first-order valence-corrected chi connectivity index (χ1v) is 6.79. The molecule has 0 atom stereocenters. The molecule has 2 aromatic rings. The van der Waals surface area contributed by atoms with Gasteiger partial charge in [0.1, 0.15) is 0 Å². The van der Waals surface area contributed by atoms with E-state index < -0.39 is 14.9 Å². The Balaban J connectivity index is 2.64. The highest BCUT2D eigenvalue weighted by atomic mass is 32.2. The zero-order chi connectivity index (χ0) is 14.2. The fraction of sp³-hybridized carbons (Fsp3) is 0.182. The minimum Gasteiger partial charge on any atom is -0.258 e. The highest BCUT2D eigenvalue weighted by Crippen LogP contribution is 2.23. The number of nitrogens with zero attached hydrogens (tertiary/aromatic N) is 3. The molecule has 19 heavy (non-hydrogen) atoms. The van der Waals surface area contributed by atoms with Crippen LogP contribution in [0, 0.1) is 24.0 Å². The molecule has 7 nitrogen and oxygen atoms in total. The Hall–Kier alpha value is -2.22. The van der Waals surface area contributed by atoms with Gasteiger partial charge in [0.2, 0.25) is 0 Å². The van der Waals surface area contributed by atoms with Gasteiger partial charge in [-0.25, -0.2) is 0 Å². The van der Waals surface area contributed by atoms with Crippen LogP contribution in [0.2, 0.25) is 0 Å². The number of benzene rings is 1. The Morgan fingerprint density at radius 2 is 1.95 bits per heavy atom. The van der Waals surface area contributed by atoms with E-state index in [0.29, 0.717) is 11.3 Å². The van der Waals surface area contributed by atoms with Crippen molar-refractivity contribution in [2.24, 2.45) is 0 Å². The summed E-state index contributed by atoms with van der Waals surface area (Å²) in [6, 6.07) is 5.26. The SMILES string of the molecule is Cc1ccn(S(=O)(=O)c2cc([N+](=O)[O-])ccc2C)n1. The molecule has 1 heterocycles. The van der Waals surface area contributed by atoms with E-state index in [0.717, 1.165) is 10.2 Å². The van der Waals surface area contributed by atoms with Crippen molar-refractivity contribution in [2.45, 2.75) is 18.7 Å². The monoisotopic (exact) mass is 281 g/mol. The summed E-state index contributed by atoms with van der Waals surface area (Å²) >= 11 is 0. The molecule has 0 unspecified atom stereocenters. The highest BCUT2D eigenvalue weighted by molar-refractivity contribution is 7.89. The van der Waals surface area contributed by atoms with Gasteiger partial charge in [-0.1, -0.05) is 6.07 Å². The maximum absolute atomic E-state index is 12.3. The molecule has 0 N–H and O–H groups in total. The maximum atomic E-state index is 12.3. The van der Waals surface area contributed by atoms with E-state index in [-0.39, 0.29) is 10.6 Å². The second-order valence-electron chi connectivity index (χ2n) is 4.04. The zero-order valence-electron chi connectivity index (χ0n) is 10.3. The lowest BCUT2D eigenvalue weighted by Gasteiger charge is -2.07. The van der Waals surface area contributed by atoms with Crippen molar-refractivity contribution in [3.8, 4) is 0 Å². The Labute approximate surface area is 109 Å². The molecule has 0 saturated carbocycles. The summed E-state index contributed by atoms with van der Waals surface area (Å²) in [4.78, 5) is 9.97. The predicted molar refractivity (Wildman–Crippen MR) is 67.4 cm³/mol. The van der Waals surface area contributed by atoms with Crippen LogP contribution in [0.1, 0.15) is 11.3 Å². The first kappa shape index (κ1) is 13.2. The van der Waals surface area contributed by atoms with Crippen LogP contribution >= 0.6 is 0 Å². The Bertz CT molecular complexity index is 749. The summed E-state index contributed by atoms with van der Waals surface area (Å²) in [5.74, 6) is 0. The molecular formula is C11H11N3O4S. The number of aryl methyl sites for hydroxylation is 2. The minimum absolute atomic E-state index is 0.121. The van der Waals surface area contributed by atoms with Crippen LogP contribution in [-0.4, -0.2) is 22.5 Å². The van der Waals surface area contributed by atoms with Gasteiger partial charge in [-0.15, -0.1) is 0 Å². The topological polar surface area (TPSA) is 95.1 Å². The van der Waals surface area contributed by atoms with E-state index >= 15 is 0 Å². The van der Waals surface area contributed by atoms with Crippen LogP contribution in [0.4, 0.5) is 5.69 Å². The average Bonchev–Trinajstić information content (AvgIpc) is 2.76. The molecule has 1 aromatic heterocycles. The van der Waals surface area contributed by atoms with Gasteiger partial charge < -0.3 is 0 Å². The number of hydrogen-bond donors (Lipinski definition) is 0. The fourth-order valence-corrected chi connectivity index (χ4v) is 3.01. The molecule has 0 fully saturated rings. The van der Waals surface area contributed by atoms with Crippen molar-refractivity contribution in [2.75, 3.05) is 0 Å². The minimum atomic E-state index is -3.90. The van der Waals surface area contributed by atoms with Crippen LogP contribution in [0.5, 0.6) is 0 Å². The summed E-state index contributed by atoms with van der Waals surface area (Å²) in [6.45, 7) is 3.24. The van der Waals surface area contributed by atoms with Gasteiger partial charge in [-0.3, -0.25) is 10.1 Å². The third-order valence-electron chi connectivity index (χ3n) is 2.61. The summed E-state index contributed by atoms with van der Waals surface area (Å²) in [5.41, 5.74) is 0.707. The molecule has 1 aromatic carbocycles. The van der Waals surface area contributed by atoms with Crippen molar-refractivity contribution in [3.63, 3.8) is 0 Å². The fourth-order valence-electron chi connectivity index (χ4n) is 1.61. The third kappa shape index (κ3) is 2.34. The quantitative estimate of drug-likeness (QED) is 0.629. The van der Waals surface area contributed by atoms with Crippen molar-refractivity contribution < 1.29 is 13.3 Å². The lowest BCUT2D eigenvalue weighted by Crippen LogP contribution is -2.15. The number of rotatable bonds is 3. The van der Waals surface area contributed by atoms with Crippen molar-refractivity contribution in [1.29, 1.82) is 0 Å². The zero-order valence-corrected chi connectivity index (χ0v) is 11.1. The third-order valence-corrected chi connectivity index (χ3v) is 4.30. The van der Waals surface area contributed by atoms with Crippen LogP contribution in [0.25, 0.3) is 0 Å². The highest BCUT2D eigenvalue weighted by Gasteiger charge is 2.23. The molecule has 100 valence electrons. The van der Waals surface area contributed by atoms with Crippen molar-refractivity contribution in [3.05, 3.63) is 51.8 Å². The van der Waals surface area contributed by atoms with Crippen LogP contribution in [0.3, 0.4) is 0 Å². The van der Waals surface area contributed by atoms with Gasteiger partial charge in [0.05, 0.1) is 15.5 Å². The number of aromatic nitrogens is 2.